The molecule has 0 amide bonds. The minimum absolute atomic E-state index is 0.211. The predicted molar refractivity (Wildman–Crippen MR) is 77.4 cm³/mol. The molecule has 1 aliphatic rings. The summed E-state index contributed by atoms with van der Waals surface area (Å²) in [5, 5.41) is 9.70. The highest BCUT2D eigenvalue weighted by atomic mass is 32.1. The molecule has 1 saturated heterocycles. The second kappa shape index (κ2) is 5.94. The van der Waals surface area contributed by atoms with E-state index in [0.717, 1.165) is 25.1 Å². The molecule has 19 heavy (non-hydrogen) atoms. The minimum Gasteiger partial charge on any atom is -0.393 e. The molecular formula is C14H19FN2OS. The van der Waals surface area contributed by atoms with Crippen molar-refractivity contribution >= 4 is 17.2 Å². The Bertz CT molecular complexity index is 481. The Balaban J connectivity index is 2.09. The van der Waals surface area contributed by atoms with E-state index < -0.39 is 0 Å². The number of likely N-dealkylation sites (tertiary alicyclic amines) is 1. The number of piperidine rings is 1. The van der Waals surface area contributed by atoms with Crippen LogP contribution in [0.2, 0.25) is 0 Å². The molecule has 3 nitrogen and oxygen atoms in total. The number of nitrogens with two attached hydrogens (primary N) is 1. The first-order valence-electron chi connectivity index (χ1n) is 6.45. The number of aliphatic hydroxyl groups excluding tert-OH is 1. The monoisotopic (exact) mass is 282 g/mol. The van der Waals surface area contributed by atoms with Gasteiger partial charge < -0.3 is 10.8 Å². The molecule has 0 bridgehead atoms. The van der Waals surface area contributed by atoms with Gasteiger partial charge in [0.25, 0.3) is 0 Å². The van der Waals surface area contributed by atoms with E-state index >= 15 is 0 Å². The first kappa shape index (κ1) is 14.4. The standard InChI is InChI=1S/C14H19FN2OS/c1-9-7-17(3-2-13(9)18)8-10-4-11(14(16)19)6-12(15)5-10/h4-6,9,13,18H,2-3,7-8H2,1H3,(H2,16,19). The van der Waals surface area contributed by atoms with E-state index in [9.17, 15) is 9.50 Å². The van der Waals surface area contributed by atoms with Gasteiger partial charge in [-0.25, -0.2) is 4.39 Å². The van der Waals surface area contributed by atoms with Gasteiger partial charge in [0.1, 0.15) is 10.8 Å². The Hall–Kier alpha value is -1.04. The van der Waals surface area contributed by atoms with Crippen LogP contribution in [0.3, 0.4) is 0 Å². The van der Waals surface area contributed by atoms with Crippen LogP contribution < -0.4 is 5.73 Å². The van der Waals surface area contributed by atoms with Crippen LogP contribution in [0.1, 0.15) is 24.5 Å². The zero-order chi connectivity index (χ0) is 14.0. The van der Waals surface area contributed by atoms with Crippen LogP contribution in [0, 0.1) is 11.7 Å². The second-order valence-corrected chi connectivity index (χ2v) is 5.72. The van der Waals surface area contributed by atoms with E-state index in [0.29, 0.717) is 12.1 Å². The maximum absolute atomic E-state index is 13.5. The molecule has 1 aromatic rings. The summed E-state index contributed by atoms with van der Waals surface area (Å²) in [4.78, 5) is 2.43. The number of hydrogen-bond donors (Lipinski definition) is 2. The number of halogens is 1. The van der Waals surface area contributed by atoms with Crippen LogP contribution in [-0.4, -0.2) is 34.2 Å². The first-order valence-corrected chi connectivity index (χ1v) is 6.86. The molecule has 1 fully saturated rings. The fourth-order valence-electron chi connectivity index (χ4n) is 2.51. The lowest BCUT2D eigenvalue weighted by Crippen LogP contribution is -2.41. The van der Waals surface area contributed by atoms with Gasteiger partial charge in [0.2, 0.25) is 0 Å². The topological polar surface area (TPSA) is 49.5 Å². The van der Waals surface area contributed by atoms with Crippen molar-refractivity contribution in [3.63, 3.8) is 0 Å². The average molecular weight is 282 g/mol. The van der Waals surface area contributed by atoms with E-state index in [4.69, 9.17) is 18.0 Å². The molecule has 0 aliphatic carbocycles. The molecule has 5 heteroatoms. The number of benzene rings is 1. The number of thiocarbonyl (C=S) groups is 1. The first-order chi connectivity index (χ1) is 8.95. The maximum Gasteiger partial charge on any atom is 0.124 e. The molecule has 104 valence electrons. The van der Waals surface area contributed by atoms with Gasteiger partial charge in [-0.3, -0.25) is 4.90 Å². The Labute approximate surface area is 118 Å². The summed E-state index contributed by atoms with van der Waals surface area (Å²) in [6.07, 6.45) is 0.537. The number of aliphatic hydroxyl groups is 1. The van der Waals surface area contributed by atoms with E-state index in [1.54, 1.807) is 0 Å². The molecule has 3 N–H and O–H groups in total. The van der Waals surface area contributed by atoms with Crippen LogP contribution >= 0.6 is 12.2 Å². The van der Waals surface area contributed by atoms with Crippen molar-refractivity contribution in [2.75, 3.05) is 13.1 Å². The van der Waals surface area contributed by atoms with Crippen molar-refractivity contribution in [1.29, 1.82) is 0 Å². The summed E-state index contributed by atoms with van der Waals surface area (Å²) >= 11 is 4.88. The second-order valence-electron chi connectivity index (χ2n) is 5.28. The third-order valence-corrected chi connectivity index (χ3v) is 3.83. The van der Waals surface area contributed by atoms with Crippen LogP contribution in [0.15, 0.2) is 18.2 Å². The van der Waals surface area contributed by atoms with Crippen LogP contribution in [-0.2, 0) is 6.54 Å². The summed E-state index contributed by atoms with van der Waals surface area (Å²) in [5.41, 5.74) is 6.97. The summed E-state index contributed by atoms with van der Waals surface area (Å²) in [7, 11) is 0. The lowest BCUT2D eigenvalue weighted by Gasteiger charge is -2.34. The highest BCUT2D eigenvalue weighted by Crippen LogP contribution is 2.19. The van der Waals surface area contributed by atoms with E-state index in [1.165, 1.54) is 12.1 Å². The molecule has 0 saturated carbocycles. The van der Waals surface area contributed by atoms with Crippen LogP contribution in [0.4, 0.5) is 4.39 Å². The van der Waals surface area contributed by atoms with E-state index in [-0.39, 0.29) is 22.8 Å². The van der Waals surface area contributed by atoms with Gasteiger partial charge in [-0.1, -0.05) is 19.1 Å². The maximum atomic E-state index is 13.5. The van der Waals surface area contributed by atoms with Gasteiger partial charge in [-0.05, 0) is 36.1 Å². The average Bonchev–Trinajstić information content (AvgIpc) is 2.33. The molecule has 2 rings (SSSR count). The fourth-order valence-corrected chi connectivity index (χ4v) is 2.62. The van der Waals surface area contributed by atoms with Gasteiger partial charge in [0.05, 0.1) is 6.10 Å². The van der Waals surface area contributed by atoms with E-state index in [1.807, 2.05) is 13.0 Å². The molecule has 1 aliphatic heterocycles. The summed E-state index contributed by atoms with van der Waals surface area (Å²) < 4.78 is 13.5. The van der Waals surface area contributed by atoms with Crippen LogP contribution in [0.25, 0.3) is 0 Å². The van der Waals surface area contributed by atoms with Crippen LogP contribution in [0.5, 0.6) is 0 Å². The van der Waals surface area contributed by atoms with Gasteiger partial charge in [-0.2, -0.15) is 0 Å². The third kappa shape index (κ3) is 3.72. The highest BCUT2D eigenvalue weighted by molar-refractivity contribution is 7.80. The Morgan fingerprint density at radius 3 is 2.89 bits per heavy atom. The molecule has 2 atom stereocenters. The lowest BCUT2D eigenvalue weighted by atomic mass is 9.96. The largest absolute Gasteiger partial charge is 0.393 e. The fraction of sp³-hybridized carbons (Fsp3) is 0.500. The van der Waals surface area contributed by atoms with Crippen molar-refractivity contribution in [2.45, 2.75) is 26.0 Å². The van der Waals surface area contributed by atoms with Crippen molar-refractivity contribution in [1.82, 2.24) is 4.90 Å². The van der Waals surface area contributed by atoms with E-state index in [2.05, 4.69) is 4.90 Å². The van der Waals surface area contributed by atoms with Gasteiger partial charge >= 0.3 is 0 Å². The predicted octanol–water partition coefficient (Wildman–Crippen LogP) is 1.66. The highest BCUT2D eigenvalue weighted by Gasteiger charge is 2.24. The molecule has 0 spiro atoms. The summed E-state index contributed by atoms with van der Waals surface area (Å²) in [6.45, 7) is 4.33. The number of nitrogens with zero attached hydrogens (tertiary/aromatic N) is 1. The van der Waals surface area contributed by atoms with Crippen molar-refractivity contribution in [2.24, 2.45) is 11.7 Å². The van der Waals surface area contributed by atoms with Crippen molar-refractivity contribution in [3.05, 3.63) is 35.1 Å². The quantitative estimate of drug-likeness (QED) is 0.828. The van der Waals surface area contributed by atoms with Gasteiger partial charge in [-0.15, -0.1) is 0 Å². The molecule has 1 heterocycles. The number of hydrogen-bond acceptors (Lipinski definition) is 3. The third-order valence-electron chi connectivity index (χ3n) is 3.59. The number of rotatable bonds is 3. The molecule has 1 aromatic carbocycles. The molecule has 2 unspecified atom stereocenters. The summed E-state index contributed by atoms with van der Waals surface area (Å²) in [5.74, 6) is -0.0669. The minimum atomic E-state index is -0.314. The summed E-state index contributed by atoms with van der Waals surface area (Å²) in [6, 6.07) is 4.70. The Morgan fingerprint density at radius 1 is 1.53 bits per heavy atom. The van der Waals surface area contributed by atoms with Crippen molar-refractivity contribution < 1.29 is 9.50 Å². The molecule has 0 aromatic heterocycles. The zero-order valence-corrected chi connectivity index (χ0v) is 11.8. The smallest absolute Gasteiger partial charge is 0.124 e. The molecule has 0 radical (unpaired) electrons. The van der Waals surface area contributed by atoms with Gasteiger partial charge in [0.15, 0.2) is 0 Å². The normalized spacial score (nSPS) is 24.4. The zero-order valence-electron chi connectivity index (χ0n) is 11.0. The SMILES string of the molecule is CC1CN(Cc2cc(F)cc(C(N)=S)c2)CCC1O. The lowest BCUT2D eigenvalue weighted by molar-refractivity contribution is 0.0320. The Morgan fingerprint density at radius 2 is 2.26 bits per heavy atom. The van der Waals surface area contributed by atoms with Crippen molar-refractivity contribution in [3.8, 4) is 0 Å². The Kier molecular flexibility index (Phi) is 4.50. The molecular weight excluding hydrogens is 263 g/mol. The van der Waals surface area contributed by atoms with Gasteiger partial charge in [0, 0.05) is 25.2 Å².